The average Bonchev–Trinajstić information content (AvgIpc) is 3.33. The highest BCUT2D eigenvalue weighted by Gasteiger charge is 2.33. The summed E-state index contributed by atoms with van der Waals surface area (Å²) in [6.07, 6.45) is 12.0. The van der Waals surface area contributed by atoms with Crippen molar-refractivity contribution < 1.29 is 14.6 Å². The minimum absolute atomic E-state index is 0.0929. The molecule has 0 spiro atoms. The van der Waals surface area contributed by atoms with Crippen molar-refractivity contribution in [1.82, 2.24) is 15.2 Å². The van der Waals surface area contributed by atoms with E-state index in [0.717, 1.165) is 95.2 Å². The van der Waals surface area contributed by atoms with Crippen molar-refractivity contribution >= 4 is 11.7 Å². The summed E-state index contributed by atoms with van der Waals surface area (Å²) >= 11 is 0. The summed E-state index contributed by atoms with van der Waals surface area (Å²) in [5.74, 6) is 3.14. The van der Waals surface area contributed by atoms with Gasteiger partial charge in [-0.25, -0.2) is 4.98 Å². The van der Waals surface area contributed by atoms with Gasteiger partial charge in [-0.1, -0.05) is 0 Å². The number of carbonyl (C=O) groups is 1. The van der Waals surface area contributed by atoms with Crippen LogP contribution in [0.25, 0.3) is 0 Å². The summed E-state index contributed by atoms with van der Waals surface area (Å²) in [4.78, 5) is 22.3. The van der Waals surface area contributed by atoms with Crippen LogP contribution >= 0.6 is 0 Å². The molecule has 1 amide bonds. The maximum Gasteiger partial charge on any atom is 0.223 e. The van der Waals surface area contributed by atoms with Crippen LogP contribution in [-0.2, 0) is 11.2 Å². The summed E-state index contributed by atoms with van der Waals surface area (Å²) in [6.45, 7) is 8.06. The average molecular weight is 471 g/mol. The molecule has 4 aliphatic rings. The summed E-state index contributed by atoms with van der Waals surface area (Å²) in [5, 5.41) is 13.5. The summed E-state index contributed by atoms with van der Waals surface area (Å²) < 4.78 is 5.86. The molecule has 0 unspecified atom stereocenters. The van der Waals surface area contributed by atoms with Gasteiger partial charge in [-0.3, -0.25) is 9.69 Å². The number of piperazine rings is 1. The van der Waals surface area contributed by atoms with Crippen molar-refractivity contribution in [2.24, 2.45) is 11.8 Å². The lowest BCUT2D eigenvalue weighted by Gasteiger charge is -2.37. The van der Waals surface area contributed by atoms with E-state index >= 15 is 0 Å². The molecule has 3 fully saturated rings. The predicted octanol–water partition coefficient (Wildman–Crippen LogP) is 3.14. The van der Waals surface area contributed by atoms with E-state index in [1.807, 2.05) is 13.1 Å². The second-order valence-corrected chi connectivity index (χ2v) is 11.3. The quantitative estimate of drug-likeness (QED) is 0.665. The second kappa shape index (κ2) is 10.4. The number of anilines is 1. The Morgan fingerprint density at radius 1 is 1.15 bits per heavy atom. The Kier molecular flexibility index (Phi) is 7.30. The van der Waals surface area contributed by atoms with Gasteiger partial charge in [-0.05, 0) is 83.2 Å². The van der Waals surface area contributed by atoms with Gasteiger partial charge in [-0.15, -0.1) is 0 Å². The van der Waals surface area contributed by atoms with Gasteiger partial charge in [0.15, 0.2) is 11.6 Å². The van der Waals surface area contributed by atoms with Gasteiger partial charge in [-0.2, -0.15) is 0 Å². The molecule has 0 bridgehead atoms. The van der Waals surface area contributed by atoms with Gasteiger partial charge in [0, 0.05) is 56.3 Å². The van der Waals surface area contributed by atoms with E-state index in [4.69, 9.17) is 4.74 Å². The number of hydrogen-bond donors (Lipinski definition) is 2. The molecule has 2 N–H and O–H groups in total. The van der Waals surface area contributed by atoms with Crippen molar-refractivity contribution in [3.8, 4) is 5.75 Å². The van der Waals surface area contributed by atoms with Crippen molar-refractivity contribution in [3.63, 3.8) is 0 Å². The topological polar surface area (TPSA) is 77.9 Å². The number of nitrogens with zero attached hydrogens (tertiary/aromatic N) is 3. The van der Waals surface area contributed by atoms with Gasteiger partial charge in [0.2, 0.25) is 5.91 Å². The van der Waals surface area contributed by atoms with Crippen LogP contribution in [0, 0.1) is 11.8 Å². The second-order valence-electron chi connectivity index (χ2n) is 11.3. The highest BCUT2D eigenvalue weighted by atomic mass is 16.5. The Balaban J connectivity index is 0.990. The summed E-state index contributed by atoms with van der Waals surface area (Å²) in [5.41, 5.74) is 0.722. The minimum Gasteiger partial charge on any atom is -0.489 e. The molecular weight excluding hydrogens is 428 g/mol. The lowest BCUT2D eigenvalue weighted by Crippen LogP contribution is -2.47. The van der Waals surface area contributed by atoms with Crippen molar-refractivity contribution in [3.05, 3.63) is 17.8 Å². The van der Waals surface area contributed by atoms with E-state index in [-0.39, 0.29) is 11.8 Å². The molecule has 7 nitrogen and oxygen atoms in total. The Morgan fingerprint density at radius 2 is 1.88 bits per heavy atom. The number of fused-ring (bicyclic) bond motifs is 1. The fraction of sp³-hybridized carbons (Fsp3) is 0.778. The van der Waals surface area contributed by atoms with Crippen LogP contribution in [0.4, 0.5) is 5.82 Å². The maximum atomic E-state index is 12.7. The van der Waals surface area contributed by atoms with E-state index in [1.54, 1.807) is 0 Å². The third-order valence-electron chi connectivity index (χ3n) is 8.74. The fourth-order valence-corrected chi connectivity index (χ4v) is 6.28. The zero-order valence-corrected chi connectivity index (χ0v) is 20.8. The number of pyridine rings is 1. The Labute approximate surface area is 204 Å². The van der Waals surface area contributed by atoms with Gasteiger partial charge >= 0.3 is 0 Å². The number of aromatic nitrogens is 1. The number of rotatable bonds is 6. The van der Waals surface area contributed by atoms with E-state index < -0.39 is 5.60 Å². The SMILES string of the molecule is C[C@]1(O)CC[C@H](C(=O)NC2CCC(CCN3CCN(c4nccc5c4OCC5)CC3)CC2)CC1. The first kappa shape index (κ1) is 23.9. The third kappa shape index (κ3) is 5.68. The first-order chi connectivity index (χ1) is 16.5. The molecule has 1 aromatic heterocycles. The van der Waals surface area contributed by atoms with Crippen LogP contribution in [0.3, 0.4) is 0 Å². The summed E-state index contributed by atoms with van der Waals surface area (Å²) in [7, 11) is 0. The van der Waals surface area contributed by atoms with E-state index in [0.29, 0.717) is 6.04 Å². The summed E-state index contributed by atoms with van der Waals surface area (Å²) in [6, 6.07) is 2.43. The lowest BCUT2D eigenvalue weighted by atomic mass is 9.79. The number of aliphatic hydroxyl groups is 1. The Bertz CT molecular complexity index is 834. The first-order valence-corrected chi connectivity index (χ1v) is 13.6. The molecule has 0 radical (unpaired) electrons. The van der Waals surface area contributed by atoms with Crippen LogP contribution in [0.1, 0.15) is 70.3 Å². The number of nitrogens with one attached hydrogen (secondary N) is 1. The van der Waals surface area contributed by atoms with Crippen molar-refractivity contribution in [2.75, 3.05) is 44.2 Å². The third-order valence-corrected chi connectivity index (χ3v) is 8.74. The molecule has 2 saturated carbocycles. The van der Waals surface area contributed by atoms with Crippen LogP contribution in [0.15, 0.2) is 12.3 Å². The molecule has 1 saturated heterocycles. The monoisotopic (exact) mass is 470 g/mol. The van der Waals surface area contributed by atoms with Crippen LogP contribution < -0.4 is 15.0 Å². The fourth-order valence-electron chi connectivity index (χ4n) is 6.28. The minimum atomic E-state index is -0.575. The van der Waals surface area contributed by atoms with E-state index in [1.165, 1.54) is 31.4 Å². The zero-order chi connectivity index (χ0) is 23.5. The lowest BCUT2D eigenvalue weighted by molar-refractivity contribution is -0.128. The molecule has 34 heavy (non-hydrogen) atoms. The number of amides is 1. The Hall–Kier alpha value is -1.86. The van der Waals surface area contributed by atoms with Gasteiger partial charge in [0.05, 0.1) is 12.2 Å². The standard InChI is InChI=1S/C27H42N4O3/c1-27(33)11-6-22(7-12-27)26(32)29-23-4-2-20(3-5-23)9-14-30-15-17-31(18-16-30)25-24-21(8-13-28-25)10-19-34-24/h8,13,20,22-23,33H,2-7,9-12,14-19H2,1H3,(H,29,32)/t20?,22-,23?,27-. The molecule has 188 valence electrons. The molecule has 0 aromatic carbocycles. The smallest absolute Gasteiger partial charge is 0.223 e. The zero-order valence-electron chi connectivity index (χ0n) is 20.8. The van der Waals surface area contributed by atoms with Crippen LogP contribution in [0.2, 0.25) is 0 Å². The largest absolute Gasteiger partial charge is 0.489 e. The number of hydrogen-bond acceptors (Lipinski definition) is 6. The van der Waals surface area contributed by atoms with E-state index in [9.17, 15) is 9.90 Å². The van der Waals surface area contributed by atoms with Crippen LogP contribution in [-0.4, -0.2) is 71.9 Å². The predicted molar refractivity (Wildman–Crippen MR) is 133 cm³/mol. The molecule has 1 aromatic rings. The molecule has 5 rings (SSSR count). The van der Waals surface area contributed by atoms with Crippen LogP contribution in [0.5, 0.6) is 5.75 Å². The number of ether oxygens (including phenoxy) is 1. The highest BCUT2D eigenvalue weighted by Crippen LogP contribution is 2.35. The van der Waals surface area contributed by atoms with Gasteiger partial charge < -0.3 is 20.1 Å². The molecule has 3 heterocycles. The molecule has 2 aliphatic heterocycles. The highest BCUT2D eigenvalue weighted by molar-refractivity contribution is 5.79. The van der Waals surface area contributed by atoms with Gasteiger partial charge in [0.25, 0.3) is 0 Å². The normalized spacial score (nSPS) is 32.2. The van der Waals surface area contributed by atoms with Gasteiger partial charge in [0.1, 0.15) is 0 Å². The first-order valence-electron chi connectivity index (χ1n) is 13.6. The molecular formula is C27H42N4O3. The van der Waals surface area contributed by atoms with Crippen molar-refractivity contribution in [1.29, 1.82) is 0 Å². The molecule has 2 aliphatic carbocycles. The number of carbonyl (C=O) groups excluding carboxylic acids is 1. The Morgan fingerprint density at radius 3 is 2.62 bits per heavy atom. The van der Waals surface area contributed by atoms with Crippen molar-refractivity contribution in [2.45, 2.75) is 82.8 Å². The molecule has 0 atom stereocenters. The van der Waals surface area contributed by atoms with E-state index in [2.05, 4.69) is 26.2 Å². The maximum absolute atomic E-state index is 12.7. The molecule has 7 heteroatoms.